The minimum atomic E-state index is -0.729. The molecule has 3 nitrogen and oxygen atoms in total. The lowest BCUT2D eigenvalue weighted by Gasteiger charge is -2.31. The average Bonchev–Trinajstić information content (AvgIpc) is 1.61. The van der Waals surface area contributed by atoms with Crippen LogP contribution in [0.25, 0.3) is 0 Å². The highest BCUT2D eigenvalue weighted by Gasteiger charge is 2.36. The summed E-state index contributed by atoms with van der Waals surface area (Å²) in [4.78, 5) is 10.3. The van der Waals surface area contributed by atoms with Crippen molar-refractivity contribution in [2.45, 2.75) is 18.9 Å². The number of carboxylic acids is 1. The second kappa shape index (κ2) is 2.35. The Labute approximate surface area is 53.6 Å². The Morgan fingerprint density at radius 1 is 1.67 bits per heavy atom. The van der Waals surface area contributed by atoms with Gasteiger partial charge in [0.15, 0.2) is 0 Å². The molecule has 0 aliphatic heterocycles. The standard InChI is InChI=1S/C6H10O3/c1-9-5-3-2-4(5)6(7)8/h4-5H,2-3H2,1H3,(H,7,8)/t4-,5-/m1/s1. The molecule has 0 aromatic rings. The van der Waals surface area contributed by atoms with E-state index >= 15 is 0 Å². The van der Waals surface area contributed by atoms with Crippen molar-refractivity contribution in [3.8, 4) is 0 Å². The molecule has 0 saturated heterocycles. The summed E-state index contributed by atoms with van der Waals surface area (Å²) < 4.78 is 4.88. The van der Waals surface area contributed by atoms with Gasteiger partial charge in [0, 0.05) is 7.11 Å². The predicted molar refractivity (Wildman–Crippen MR) is 31.2 cm³/mol. The van der Waals surface area contributed by atoms with Gasteiger partial charge in [0.2, 0.25) is 0 Å². The van der Waals surface area contributed by atoms with Gasteiger partial charge in [0.25, 0.3) is 0 Å². The third-order valence-electron chi connectivity index (χ3n) is 1.83. The molecular weight excluding hydrogens is 120 g/mol. The molecule has 1 fully saturated rings. The Morgan fingerprint density at radius 3 is 2.44 bits per heavy atom. The molecule has 0 aromatic heterocycles. The van der Waals surface area contributed by atoms with Crippen molar-refractivity contribution >= 4 is 5.97 Å². The van der Waals surface area contributed by atoms with Gasteiger partial charge in [-0.05, 0) is 12.8 Å². The van der Waals surface area contributed by atoms with Crippen LogP contribution in [0.3, 0.4) is 0 Å². The highest BCUT2D eigenvalue weighted by molar-refractivity contribution is 5.71. The van der Waals surface area contributed by atoms with Crippen LogP contribution in [0.2, 0.25) is 0 Å². The summed E-state index contributed by atoms with van der Waals surface area (Å²) in [6.45, 7) is 0. The molecule has 0 aromatic carbocycles. The van der Waals surface area contributed by atoms with Crippen molar-refractivity contribution in [1.82, 2.24) is 0 Å². The number of ether oxygens (including phenoxy) is 1. The molecule has 0 radical (unpaired) electrons. The number of methoxy groups -OCH3 is 1. The molecule has 1 aliphatic carbocycles. The van der Waals surface area contributed by atoms with E-state index in [0.717, 1.165) is 12.8 Å². The normalized spacial score (nSPS) is 33.4. The molecule has 2 atom stereocenters. The smallest absolute Gasteiger partial charge is 0.309 e. The van der Waals surface area contributed by atoms with E-state index in [1.165, 1.54) is 0 Å². The Kier molecular flexibility index (Phi) is 1.71. The van der Waals surface area contributed by atoms with Crippen LogP contribution in [0.4, 0.5) is 0 Å². The predicted octanol–water partition coefficient (Wildman–Crippen LogP) is 0.496. The summed E-state index contributed by atoms with van der Waals surface area (Å²) in [5, 5.41) is 8.45. The van der Waals surface area contributed by atoms with Crippen molar-refractivity contribution in [3.05, 3.63) is 0 Å². The second-order valence-corrected chi connectivity index (χ2v) is 2.30. The van der Waals surface area contributed by atoms with Crippen LogP contribution in [0, 0.1) is 5.92 Å². The summed E-state index contributed by atoms with van der Waals surface area (Å²) in [6, 6.07) is 0. The van der Waals surface area contributed by atoms with Crippen molar-refractivity contribution in [1.29, 1.82) is 0 Å². The van der Waals surface area contributed by atoms with Gasteiger partial charge in [-0.2, -0.15) is 0 Å². The highest BCUT2D eigenvalue weighted by Crippen LogP contribution is 2.29. The van der Waals surface area contributed by atoms with E-state index in [1.54, 1.807) is 7.11 Å². The van der Waals surface area contributed by atoms with E-state index in [2.05, 4.69) is 0 Å². The summed E-state index contributed by atoms with van der Waals surface area (Å²) in [5.41, 5.74) is 0. The van der Waals surface area contributed by atoms with Crippen LogP contribution < -0.4 is 0 Å². The second-order valence-electron chi connectivity index (χ2n) is 2.30. The fourth-order valence-corrected chi connectivity index (χ4v) is 1.03. The molecule has 52 valence electrons. The monoisotopic (exact) mass is 130 g/mol. The maximum atomic E-state index is 10.3. The van der Waals surface area contributed by atoms with Crippen molar-refractivity contribution in [2.24, 2.45) is 5.92 Å². The average molecular weight is 130 g/mol. The Hall–Kier alpha value is -0.570. The van der Waals surface area contributed by atoms with Crippen molar-refractivity contribution in [2.75, 3.05) is 7.11 Å². The highest BCUT2D eigenvalue weighted by atomic mass is 16.5. The van der Waals surface area contributed by atoms with Crippen LogP contribution in [0.5, 0.6) is 0 Å². The topological polar surface area (TPSA) is 46.5 Å². The minimum Gasteiger partial charge on any atom is -0.481 e. The minimum absolute atomic E-state index is 0.0255. The number of rotatable bonds is 2. The van der Waals surface area contributed by atoms with E-state index in [-0.39, 0.29) is 12.0 Å². The molecule has 9 heavy (non-hydrogen) atoms. The third kappa shape index (κ3) is 1.05. The summed E-state index contributed by atoms with van der Waals surface area (Å²) in [6.07, 6.45) is 1.64. The Bertz CT molecular complexity index is 119. The lowest BCUT2D eigenvalue weighted by atomic mass is 9.82. The molecule has 0 bridgehead atoms. The van der Waals surface area contributed by atoms with Gasteiger partial charge in [-0.15, -0.1) is 0 Å². The quantitative estimate of drug-likeness (QED) is 0.592. The number of aliphatic carboxylic acids is 1. The first-order chi connectivity index (χ1) is 4.25. The van der Waals surface area contributed by atoms with Gasteiger partial charge < -0.3 is 9.84 Å². The number of carboxylic acid groups (broad SMARTS) is 1. The van der Waals surface area contributed by atoms with Crippen molar-refractivity contribution in [3.63, 3.8) is 0 Å². The van der Waals surface area contributed by atoms with Gasteiger partial charge in [0.1, 0.15) is 0 Å². The summed E-state index contributed by atoms with van der Waals surface area (Å²) in [5.74, 6) is -0.969. The molecular formula is C6H10O3. The van der Waals surface area contributed by atoms with Gasteiger partial charge in [-0.1, -0.05) is 0 Å². The van der Waals surface area contributed by atoms with Crippen LogP contribution in [0.1, 0.15) is 12.8 Å². The molecule has 1 aliphatic rings. The van der Waals surface area contributed by atoms with Crippen LogP contribution >= 0.6 is 0 Å². The van der Waals surface area contributed by atoms with Gasteiger partial charge in [-0.25, -0.2) is 0 Å². The number of hydrogen-bond donors (Lipinski definition) is 1. The third-order valence-corrected chi connectivity index (χ3v) is 1.83. The molecule has 1 rings (SSSR count). The summed E-state index contributed by atoms with van der Waals surface area (Å²) >= 11 is 0. The molecule has 0 unspecified atom stereocenters. The molecule has 1 N–H and O–H groups in total. The molecule has 0 spiro atoms. The maximum absolute atomic E-state index is 10.3. The Balaban J connectivity index is 2.35. The van der Waals surface area contributed by atoms with Gasteiger partial charge in [-0.3, -0.25) is 4.79 Å². The zero-order valence-electron chi connectivity index (χ0n) is 5.33. The SMILES string of the molecule is CO[C@@H]1CC[C@H]1C(=O)O. The van der Waals surface area contributed by atoms with E-state index in [0.29, 0.717) is 0 Å². The molecule has 1 saturated carbocycles. The van der Waals surface area contributed by atoms with Crippen molar-refractivity contribution < 1.29 is 14.6 Å². The first kappa shape index (κ1) is 6.55. The fraction of sp³-hybridized carbons (Fsp3) is 0.833. The number of hydrogen-bond acceptors (Lipinski definition) is 2. The van der Waals surface area contributed by atoms with Gasteiger partial charge >= 0.3 is 5.97 Å². The largest absolute Gasteiger partial charge is 0.481 e. The molecule has 0 amide bonds. The lowest BCUT2D eigenvalue weighted by molar-refractivity contribution is -0.153. The first-order valence-corrected chi connectivity index (χ1v) is 3.01. The van der Waals surface area contributed by atoms with E-state index < -0.39 is 5.97 Å². The lowest BCUT2D eigenvalue weighted by Crippen LogP contribution is -2.38. The van der Waals surface area contributed by atoms with Crippen LogP contribution in [-0.4, -0.2) is 24.3 Å². The zero-order chi connectivity index (χ0) is 6.85. The zero-order valence-corrected chi connectivity index (χ0v) is 5.33. The van der Waals surface area contributed by atoms with E-state index in [9.17, 15) is 4.79 Å². The van der Waals surface area contributed by atoms with E-state index in [4.69, 9.17) is 9.84 Å². The number of carbonyl (C=O) groups is 1. The maximum Gasteiger partial charge on any atom is 0.309 e. The molecule has 3 heteroatoms. The van der Waals surface area contributed by atoms with Crippen LogP contribution in [-0.2, 0) is 9.53 Å². The summed E-state index contributed by atoms with van der Waals surface area (Å²) in [7, 11) is 1.56. The fourth-order valence-electron chi connectivity index (χ4n) is 1.03. The van der Waals surface area contributed by atoms with Crippen LogP contribution in [0.15, 0.2) is 0 Å². The first-order valence-electron chi connectivity index (χ1n) is 3.01. The molecule has 0 heterocycles. The Morgan fingerprint density at radius 2 is 2.33 bits per heavy atom. The van der Waals surface area contributed by atoms with E-state index in [1.807, 2.05) is 0 Å². The van der Waals surface area contributed by atoms with Gasteiger partial charge in [0.05, 0.1) is 12.0 Å².